The van der Waals surface area contributed by atoms with Gasteiger partial charge in [-0.3, -0.25) is 0 Å². The van der Waals surface area contributed by atoms with Gasteiger partial charge in [-0.2, -0.15) is 0 Å². The highest BCUT2D eigenvalue weighted by Gasteiger charge is 2.23. The smallest absolute Gasteiger partial charge is 0.188 e. The Morgan fingerprint density at radius 2 is 1.83 bits per heavy atom. The molecule has 29 heavy (non-hydrogen) atoms. The van der Waals surface area contributed by atoms with Crippen molar-refractivity contribution in [1.82, 2.24) is 25.4 Å². The fraction of sp³-hybridized carbons (Fsp3) is 0.227. The molecule has 0 saturated heterocycles. The monoisotopic (exact) mass is 384 g/mol. The van der Waals surface area contributed by atoms with E-state index in [0.29, 0.717) is 17.3 Å². The van der Waals surface area contributed by atoms with Crippen LogP contribution in [0, 0.1) is 0 Å². The predicted molar refractivity (Wildman–Crippen MR) is 111 cm³/mol. The highest BCUT2D eigenvalue weighted by atomic mass is 16.5. The van der Waals surface area contributed by atoms with Gasteiger partial charge >= 0.3 is 0 Å². The van der Waals surface area contributed by atoms with Gasteiger partial charge in [0.05, 0.1) is 12.5 Å². The van der Waals surface area contributed by atoms with E-state index < -0.39 is 0 Å². The van der Waals surface area contributed by atoms with Crippen LogP contribution >= 0.6 is 0 Å². The summed E-state index contributed by atoms with van der Waals surface area (Å²) in [6, 6.07) is 13.8. The summed E-state index contributed by atoms with van der Waals surface area (Å²) in [5, 5.41) is 16.7. The maximum Gasteiger partial charge on any atom is 0.188 e. The number of ether oxygens (including phenoxy) is 1. The molecule has 1 aliphatic carbocycles. The van der Waals surface area contributed by atoms with Crippen molar-refractivity contribution in [2.75, 3.05) is 12.4 Å². The minimum absolute atomic E-state index is 0.602. The number of rotatable bonds is 4. The topological polar surface area (TPSA) is 85.7 Å². The van der Waals surface area contributed by atoms with Gasteiger partial charge in [-0.15, -0.1) is 10.2 Å². The molecule has 0 fully saturated rings. The zero-order valence-electron chi connectivity index (χ0n) is 16.1. The van der Waals surface area contributed by atoms with Crippen molar-refractivity contribution in [1.29, 1.82) is 0 Å². The van der Waals surface area contributed by atoms with E-state index in [1.54, 1.807) is 13.3 Å². The summed E-state index contributed by atoms with van der Waals surface area (Å²) in [7, 11) is 1.67. The van der Waals surface area contributed by atoms with E-state index in [9.17, 15) is 0 Å². The second kappa shape index (κ2) is 7.43. The molecule has 0 spiro atoms. The molecule has 7 nitrogen and oxygen atoms in total. The lowest BCUT2D eigenvalue weighted by molar-refractivity contribution is 0.415. The van der Waals surface area contributed by atoms with E-state index in [1.165, 1.54) is 5.56 Å². The number of nitrogens with one attached hydrogen (secondary N) is 1. The van der Waals surface area contributed by atoms with Crippen molar-refractivity contribution in [2.24, 2.45) is 0 Å². The van der Waals surface area contributed by atoms with Crippen molar-refractivity contribution in [2.45, 2.75) is 25.7 Å². The van der Waals surface area contributed by atoms with Gasteiger partial charge in [0.25, 0.3) is 0 Å². The van der Waals surface area contributed by atoms with E-state index >= 15 is 0 Å². The van der Waals surface area contributed by atoms with Gasteiger partial charge in [0.15, 0.2) is 11.5 Å². The Morgan fingerprint density at radius 3 is 2.62 bits per heavy atom. The van der Waals surface area contributed by atoms with E-state index in [2.05, 4.69) is 37.8 Å². The maximum absolute atomic E-state index is 5.34. The first kappa shape index (κ1) is 17.5. The third-order valence-corrected chi connectivity index (χ3v) is 5.27. The second-order valence-corrected chi connectivity index (χ2v) is 7.02. The maximum atomic E-state index is 5.34. The van der Waals surface area contributed by atoms with Gasteiger partial charge in [-0.1, -0.05) is 18.2 Å². The summed E-state index contributed by atoms with van der Waals surface area (Å²) in [4.78, 5) is 9.20. The summed E-state index contributed by atoms with van der Waals surface area (Å²) in [5.41, 5.74) is 5.19. The van der Waals surface area contributed by atoms with Crippen LogP contribution in [-0.2, 0) is 12.8 Å². The number of hydrogen-bond acceptors (Lipinski definition) is 7. The van der Waals surface area contributed by atoms with E-state index in [4.69, 9.17) is 9.72 Å². The molecule has 0 atom stereocenters. The standard InChI is InChI=1S/C22H20N6O/c1-29-15-11-9-14(10-12-15)19-16-6-2-3-7-17(16)24-21-20(19)22(27-28-26-21)25-18-8-4-5-13-23-18/h4-5,8-13H,2-3,6-7H2,1H3,(H,23,24,25,26,27). The lowest BCUT2D eigenvalue weighted by Crippen LogP contribution is -2.11. The van der Waals surface area contributed by atoms with Crippen LogP contribution in [0.2, 0.25) is 0 Å². The highest BCUT2D eigenvalue weighted by Crippen LogP contribution is 2.39. The van der Waals surface area contributed by atoms with Gasteiger partial charge in [0.1, 0.15) is 11.6 Å². The number of aryl methyl sites for hydroxylation is 1. The SMILES string of the molecule is COc1ccc(-c2c3c(nc4nnnc(Nc5ccccn5)c24)CCCC3)cc1. The number of benzene rings is 1. The minimum Gasteiger partial charge on any atom is -0.497 e. The second-order valence-electron chi connectivity index (χ2n) is 7.02. The predicted octanol–water partition coefficient (Wildman–Crippen LogP) is 4.11. The van der Waals surface area contributed by atoms with Crippen LogP contribution in [0.25, 0.3) is 22.2 Å². The molecule has 3 aromatic heterocycles. The summed E-state index contributed by atoms with van der Waals surface area (Å²) >= 11 is 0. The molecule has 0 aliphatic heterocycles. The Labute approximate surface area is 168 Å². The van der Waals surface area contributed by atoms with Crippen LogP contribution < -0.4 is 10.1 Å². The molecule has 3 heterocycles. The van der Waals surface area contributed by atoms with Gasteiger partial charge in [-0.05, 0) is 66.3 Å². The first-order chi connectivity index (χ1) is 14.3. The molecular weight excluding hydrogens is 364 g/mol. The zero-order chi connectivity index (χ0) is 19.6. The summed E-state index contributed by atoms with van der Waals surface area (Å²) in [6.45, 7) is 0. The van der Waals surface area contributed by atoms with Crippen LogP contribution in [0.3, 0.4) is 0 Å². The third-order valence-electron chi connectivity index (χ3n) is 5.27. The van der Waals surface area contributed by atoms with Gasteiger partial charge in [-0.25, -0.2) is 9.97 Å². The lowest BCUT2D eigenvalue weighted by Gasteiger charge is -2.21. The van der Waals surface area contributed by atoms with Crippen molar-refractivity contribution >= 4 is 22.7 Å². The number of methoxy groups -OCH3 is 1. The Kier molecular flexibility index (Phi) is 4.48. The van der Waals surface area contributed by atoms with E-state index in [1.807, 2.05) is 30.3 Å². The summed E-state index contributed by atoms with van der Waals surface area (Å²) in [6.07, 6.45) is 5.99. The van der Waals surface area contributed by atoms with Crippen LogP contribution in [0.4, 0.5) is 11.6 Å². The number of anilines is 2. The lowest BCUT2D eigenvalue weighted by atomic mass is 9.87. The summed E-state index contributed by atoms with van der Waals surface area (Å²) < 4.78 is 5.34. The van der Waals surface area contributed by atoms with E-state index in [-0.39, 0.29) is 0 Å². The van der Waals surface area contributed by atoms with Crippen molar-refractivity contribution < 1.29 is 4.74 Å². The van der Waals surface area contributed by atoms with Crippen molar-refractivity contribution in [3.05, 3.63) is 59.9 Å². The molecule has 1 N–H and O–H groups in total. The molecule has 0 amide bonds. The molecule has 7 heteroatoms. The molecule has 1 aromatic carbocycles. The number of fused-ring (bicyclic) bond motifs is 2. The molecule has 0 saturated carbocycles. The molecular formula is C22H20N6O. The van der Waals surface area contributed by atoms with Crippen LogP contribution in [-0.4, -0.2) is 32.5 Å². The fourth-order valence-electron chi connectivity index (χ4n) is 3.91. The first-order valence-corrected chi connectivity index (χ1v) is 9.71. The molecule has 0 radical (unpaired) electrons. The fourth-order valence-corrected chi connectivity index (χ4v) is 3.91. The highest BCUT2D eigenvalue weighted by molar-refractivity contribution is 6.02. The molecule has 0 bridgehead atoms. The van der Waals surface area contributed by atoms with Crippen LogP contribution in [0.1, 0.15) is 24.1 Å². The minimum atomic E-state index is 0.602. The quantitative estimate of drug-likeness (QED) is 0.566. The number of nitrogens with zero attached hydrogens (tertiary/aromatic N) is 5. The Balaban J connectivity index is 1.77. The van der Waals surface area contributed by atoms with Gasteiger partial charge < -0.3 is 10.1 Å². The summed E-state index contributed by atoms with van der Waals surface area (Å²) in [5.74, 6) is 2.14. The molecule has 0 unspecified atom stereocenters. The normalized spacial score (nSPS) is 13.1. The van der Waals surface area contributed by atoms with Crippen molar-refractivity contribution in [3.8, 4) is 16.9 Å². The Hall–Kier alpha value is -3.61. The largest absolute Gasteiger partial charge is 0.497 e. The molecule has 4 aromatic rings. The van der Waals surface area contributed by atoms with Crippen molar-refractivity contribution in [3.63, 3.8) is 0 Å². The third kappa shape index (κ3) is 3.24. The number of aromatic nitrogens is 5. The van der Waals surface area contributed by atoms with Crippen LogP contribution in [0.15, 0.2) is 48.7 Å². The number of pyridine rings is 2. The average molecular weight is 384 g/mol. The average Bonchev–Trinajstić information content (AvgIpc) is 2.78. The first-order valence-electron chi connectivity index (χ1n) is 9.71. The van der Waals surface area contributed by atoms with Crippen LogP contribution in [0.5, 0.6) is 5.75 Å². The zero-order valence-corrected chi connectivity index (χ0v) is 16.1. The Bertz CT molecular complexity index is 1160. The molecule has 144 valence electrons. The molecule has 1 aliphatic rings. The van der Waals surface area contributed by atoms with E-state index in [0.717, 1.165) is 53.6 Å². The molecule has 5 rings (SSSR count). The number of hydrogen-bond donors (Lipinski definition) is 1. The Morgan fingerprint density at radius 1 is 0.966 bits per heavy atom. The van der Waals surface area contributed by atoms with Gasteiger partial charge in [0.2, 0.25) is 0 Å². The van der Waals surface area contributed by atoms with Gasteiger partial charge in [0, 0.05) is 17.5 Å².